The highest BCUT2D eigenvalue weighted by atomic mass is 35.5. The number of hydrogen-bond donors (Lipinski definition) is 2. The number of ether oxygens (including phenoxy) is 1. The molecule has 0 spiro atoms. The lowest BCUT2D eigenvalue weighted by molar-refractivity contribution is -0.116. The van der Waals surface area contributed by atoms with Crippen LogP contribution in [0.3, 0.4) is 0 Å². The minimum absolute atomic E-state index is 0.160. The maximum Gasteiger partial charge on any atom is 0.240 e. The number of halogens is 1. The third kappa shape index (κ3) is 4.11. The molecule has 4 rings (SSSR count). The molecule has 0 bridgehead atoms. The Morgan fingerprint density at radius 3 is 2.67 bits per heavy atom. The summed E-state index contributed by atoms with van der Waals surface area (Å²) >= 11 is 7.62. The van der Waals surface area contributed by atoms with Crippen molar-refractivity contribution < 1.29 is 9.53 Å². The van der Waals surface area contributed by atoms with Crippen LogP contribution in [0.25, 0.3) is 0 Å². The molecular weight excluding hydrogens is 422 g/mol. The van der Waals surface area contributed by atoms with E-state index in [1.807, 2.05) is 54.9 Å². The summed E-state index contributed by atoms with van der Waals surface area (Å²) in [6, 6.07) is 14.7. The number of carbonyl (C=O) groups is 1. The van der Waals surface area contributed by atoms with Gasteiger partial charge in [0.2, 0.25) is 11.1 Å². The van der Waals surface area contributed by atoms with E-state index >= 15 is 0 Å². The molecule has 30 heavy (non-hydrogen) atoms. The first kappa shape index (κ1) is 20.6. The van der Waals surface area contributed by atoms with E-state index < -0.39 is 5.25 Å². The van der Waals surface area contributed by atoms with Crippen LogP contribution in [0, 0.1) is 0 Å². The summed E-state index contributed by atoms with van der Waals surface area (Å²) in [7, 11) is 0. The van der Waals surface area contributed by atoms with Gasteiger partial charge in [-0.25, -0.2) is 4.68 Å². The van der Waals surface area contributed by atoms with Crippen LogP contribution in [0.1, 0.15) is 31.3 Å². The molecule has 2 aromatic carbocycles. The van der Waals surface area contributed by atoms with Gasteiger partial charge >= 0.3 is 0 Å². The normalized spacial score (nSPS) is 17.7. The molecule has 156 valence electrons. The van der Waals surface area contributed by atoms with Gasteiger partial charge in [0.1, 0.15) is 11.0 Å². The Kier molecular flexibility index (Phi) is 6.15. The zero-order valence-electron chi connectivity index (χ0n) is 16.6. The number of hydrogen-bond acceptors (Lipinski definition) is 6. The van der Waals surface area contributed by atoms with Crippen LogP contribution in [0.5, 0.6) is 5.75 Å². The maximum absolute atomic E-state index is 13.2. The van der Waals surface area contributed by atoms with E-state index in [4.69, 9.17) is 16.3 Å². The number of nitrogens with zero attached hydrogens (tertiary/aromatic N) is 3. The van der Waals surface area contributed by atoms with Crippen LogP contribution >= 0.6 is 23.4 Å². The molecule has 0 unspecified atom stereocenters. The Labute approximate surface area is 184 Å². The maximum atomic E-state index is 13.2. The number of thioether (sulfide) groups is 1. The van der Waals surface area contributed by atoms with Gasteiger partial charge in [0.25, 0.3) is 0 Å². The number of carbonyl (C=O) groups excluding carboxylic acids is 1. The molecule has 9 heteroatoms. The Morgan fingerprint density at radius 2 is 1.97 bits per heavy atom. The fraction of sp³-hybridized carbons (Fsp3) is 0.286. The molecule has 0 saturated carbocycles. The van der Waals surface area contributed by atoms with E-state index in [0.717, 1.165) is 23.6 Å². The van der Waals surface area contributed by atoms with Crippen LogP contribution in [0.4, 0.5) is 5.69 Å². The van der Waals surface area contributed by atoms with Crippen LogP contribution in [-0.2, 0) is 11.2 Å². The van der Waals surface area contributed by atoms with Crippen LogP contribution < -0.4 is 15.5 Å². The molecule has 0 radical (unpaired) electrons. The first-order valence-electron chi connectivity index (χ1n) is 9.76. The van der Waals surface area contributed by atoms with Gasteiger partial charge in [-0.3, -0.25) is 4.79 Å². The van der Waals surface area contributed by atoms with Crippen molar-refractivity contribution in [2.45, 2.75) is 36.7 Å². The predicted octanol–water partition coefficient (Wildman–Crippen LogP) is 4.29. The number of amides is 1. The van der Waals surface area contributed by atoms with Crippen molar-refractivity contribution in [3.8, 4) is 5.75 Å². The molecule has 7 nitrogen and oxygen atoms in total. The zero-order valence-corrected chi connectivity index (χ0v) is 18.2. The third-order valence-corrected chi connectivity index (χ3v) is 6.31. The van der Waals surface area contributed by atoms with E-state index in [0.29, 0.717) is 22.5 Å². The smallest absolute Gasteiger partial charge is 0.240 e. The highest BCUT2D eigenvalue weighted by molar-refractivity contribution is 8.00. The molecule has 1 aliphatic rings. The summed E-state index contributed by atoms with van der Waals surface area (Å²) in [5.41, 5.74) is 4.98. The van der Waals surface area contributed by atoms with Crippen LogP contribution in [0.2, 0.25) is 5.02 Å². The van der Waals surface area contributed by atoms with Crippen molar-refractivity contribution in [3.63, 3.8) is 0 Å². The lowest BCUT2D eigenvalue weighted by Gasteiger charge is -2.33. The largest absolute Gasteiger partial charge is 0.494 e. The number of aromatic nitrogens is 3. The van der Waals surface area contributed by atoms with Crippen LogP contribution in [-0.4, -0.2) is 32.6 Å². The van der Waals surface area contributed by atoms with Gasteiger partial charge in [0.15, 0.2) is 5.82 Å². The van der Waals surface area contributed by atoms with E-state index in [2.05, 4.69) is 20.9 Å². The fourth-order valence-corrected chi connectivity index (χ4v) is 4.56. The average molecular weight is 444 g/mol. The van der Waals surface area contributed by atoms with Crippen molar-refractivity contribution in [1.82, 2.24) is 14.9 Å². The van der Waals surface area contributed by atoms with Crippen molar-refractivity contribution >= 4 is 35.0 Å². The number of fused-ring (bicyclic) bond motifs is 1. The van der Waals surface area contributed by atoms with Gasteiger partial charge in [-0.2, -0.15) is 0 Å². The SMILES string of the molecule is CCOc1ccc([C@H]2Nn3c(CC)nnc3S[C@H]2C(=O)Nc2ccccc2Cl)cc1. The van der Waals surface area contributed by atoms with Gasteiger partial charge in [0.05, 0.1) is 23.4 Å². The summed E-state index contributed by atoms with van der Waals surface area (Å²) in [5.74, 6) is 1.45. The highest BCUT2D eigenvalue weighted by Crippen LogP contribution is 2.38. The molecule has 2 N–H and O–H groups in total. The molecule has 1 aliphatic heterocycles. The standard InChI is InChI=1S/C21H22ClN5O2S/c1-3-17-24-25-21-27(17)26-18(13-9-11-14(12-10-13)29-4-2)19(30-21)20(28)23-16-8-6-5-7-15(16)22/h5-12,18-19,26H,3-4H2,1-2H3,(H,23,28)/t18-,19-/m1/s1. The number of nitrogens with one attached hydrogen (secondary N) is 2. The zero-order chi connectivity index (χ0) is 21.1. The van der Waals surface area contributed by atoms with Crippen molar-refractivity contribution in [2.24, 2.45) is 0 Å². The van der Waals surface area contributed by atoms with Crippen molar-refractivity contribution in [1.29, 1.82) is 0 Å². The van der Waals surface area contributed by atoms with Gasteiger partial charge in [-0.05, 0) is 36.8 Å². The Balaban J connectivity index is 1.66. The van der Waals surface area contributed by atoms with Crippen LogP contribution in [0.15, 0.2) is 53.7 Å². The lowest BCUT2D eigenvalue weighted by atomic mass is 10.0. The minimum Gasteiger partial charge on any atom is -0.494 e. The molecule has 2 heterocycles. The fourth-order valence-electron chi connectivity index (χ4n) is 3.28. The number of rotatable bonds is 6. The lowest BCUT2D eigenvalue weighted by Crippen LogP contribution is -2.41. The molecule has 0 saturated heterocycles. The van der Waals surface area contributed by atoms with Crippen molar-refractivity contribution in [3.05, 3.63) is 64.9 Å². The summed E-state index contributed by atoms with van der Waals surface area (Å²) < 4.78 is 7.42. The quantitative estimate of drug-likeness (QED) is 0.591. The number of para-hydroxylation sites is 1. The Bertz CT molecular complexity index is 1040. The monoisotopic (exact) mass is 443 g/mol. The molecule has 0 aliphatic carbocycles. The second-order valence-electron chi connectivity index (χ2n) is 6.70. The van der Waals surface area contributed by atoms with E-state index in [1.54, 1.807) is 12.1 Å². The second kappa shape index (κ2) is 8.97. The minimum atomic E-state index is -0.472. The average Bonchev–Trinajstić information content (AvgIpc) is 3.17. The molecular formula is C21H22ClN5O2S. The first-order valence-corrected chi connectivity index (χ1v) is 11.0. The number of aryl methyl sites for hydroxylation is 1. The number of anilines is 1. The molecule has 1 amide bonds. The third-order valence-electron chi connectivity index (χ3n) is 4.76. The predicted molar refractivity (Wildman–Crippen MR) is 119 cm³/mol. The van der Waals surface area contributed by atoms with Gasteiger partial charge < -0.3 is 15.5 Å². The Hall–Kier alpha value is -2.71. The van der Waals surface area contributed by atoms with E-state index in [9.17, 15) is 4.79 Å². The summed E-state index contributed by atoms with van der Waals surface area (Å²) in [6.07, 6.45) is 0.729. The summed E-state index contributed by atoms with van der Waals surface area (Å²) in [4.78, 5) is 13.2. The van der Waals surface area contributed by atoms with Gasteiger partial charge in [0, 0.05) is 6.42 Å². The van der Waals surface area contributed by atoms with E-state index in [1.165, 1.54) is 11.8 Å². The highest BCUT2D eigenvalue weighted by Gasteiger charge is 2.37. The topological polar surface area (TPSA) is 81.1 Å². The number of benzene rings is 2. The summed E-state index contributed by atoms with van der Waals surface area (Å²) in [5, 5.41) is 12.1. The summed E-state index contributed by atoms with van der Waals surface area (Å²) in [6.45, 7) is 4.57. The first-order chi connectivity index (χ1) is 14.6. The van der Waals surface area contributed by atoms with Crippen molar-refractivity contribution in [2.75, 3.05) is 17.3 Å². The Morgan fingerprint density at radius 1 is 1.20 bits per heavy atom. The van der Waals surface area contributed by atoms with Gasteiger partial charge in [-0.15, -0.1) is 10.2 Å². The molecule has 0 fully saturated rings. The molecule has 1 aromatic heterocycles. The van der Waals surface area contributed by atoms with Gasteiger partial charge in [-0.1, -0.05) is 54.6 Å². The molecule has 3 aromatic rings. The van der Waals surface area contributed by atoms with E-state index in [-0.39, 0.29) is 11.9 Å². The second-order valence-corrected chi connectivity index (χ2v) is 8.22. The molecule has 2 atom stereocenters.